The smallest absolute Gasteiger partial charge is 0.124 e. The van der Waals surface area contributed by atoms with Crippen LogP contribution in [0.4, 0.5) is 0 Å². The maximum atomic E-state index is 5.09. The minimum Gasteiger partial charge on any atom is -0.229 e. The molecule has 4 nitrogen and oxygen atoms in total. The van der Waals surface area contributed by atoms with Crippen molar-refractivity contribution in [3.63, 3.8) is 0 Å². The molecule has 0 spiro atoms. The molecule has 2 N–H and O–H groups in total. The predicted molar refractivity (Wildman–Crippen MR) is 23.3 cm³/mol. The largest absolute Gasteiger partial charge is 0.229 e. The van der Waals surface area contributed by atoms with Gasteiger partial charge in [-0.3, -0.25) is 0 Å². The molecule has 0 aromatic heterocycles. The standard InChI is InChI=1S/CH4N4S/c2-5-1-6-4-3-5/h1-2H2. The zero-order chi connectivity index (χ0) is 4.41. The zero-order valence-corrected chi connectivity index (χ0v) is 3.85. The summed E-state index contributed by atoms with van der Waals surface area (Å²) in [7, 11) is 0. The molecular formula is CH4N4S. The van der Waals surface area contributed by atoms with Gasteiger partial charge in [-0.05, 0) is 5.22 Å². The molecule has 6 heavy (non-hydrogen) atoms. The molecule has 0 aliphatic carbocycles. The summed E-state index contributed by atoms with van der Waals surface area (Å²) in [6.45, 7) is 0. The molecule has 34 valence electrons. The van der Waals surface area contributed by atoms with Crippen molar-refractivity contribution in [2.24, 2.45) is 15.6 Å². The summed E-state index contributed by atoms with van der Waals surface area (Å²) < 4.78 is 3.51. The Labute approximate surface area is 39.5 Å². The van der Waals surface area contributed by atoms with Crippen LogP contribution in [0, 0.1) is 0 Å². The molecule has 0 saturated heterocycles. The first-order valence-electron chi connectivity index (χ1n) is 1.45. The first-order chi connectivity index (χ1) is 2.89. The van der Waals surface area contributed by atoms with Crippen molar-refractivity contribution in [2.75, 3.05) is 5.88 Å². The lowest BCUT2D eigenvalue weighted by molar-refractivity contribution is 0.349. The predicted octanol–water partition coefficient (Wildman–Crippen LogP) is 0.149. The van der Waals surface area contributed by atoms with E-state index in [-0.39, 0.29) is 0 Å². The second kappa shape index (κ2) is 1.44. The molecular weight excluding hydrogens is 100 g/mol. The highest BCUT2D eigenvalue weighted by Gasteiger charge is 1.98. The summed E-state index contributed by atoms with van der Waals surface area (Å²) in [5.41, 5.74) is 0. The van der Waals surface area contributed by atoms with E-state index in [1.165, 1.54) is 17.1 Å². The van der Waals surface area contributed by atoms with Gasteiger partial charge in [0.05, 0.1) is 0 Å². The van der Waals surface area contributed by atoms with E-state index < -0.39 is 0 Å². The summed E-state index contributed by atoms with van der Waals surface area (Å²) in [5.74, 6) is 5.77. The van der Waals surface area contributed by atoms with Crippen LogP contribution in [0.15, 0.2) is 9.74 Å². The normalized spacial score (nSPS) is 19.8. The van der Waals surface area contributed by atoms with Gasteiger partial charge in [-0.25, -0.2) is 11.0 Å². The number of hydrogen-bond acceptors (Lipinski definition) is 5. The Morgan fingerprint density at radius 3 is 2.83 bits per heavy atom. The van der Waals surface area contributed by atoms with Crippen molar-refractivity contribution in [1.82, 2.24) is 5.12 Å². The van der Waals surface area contributed by atoms with Gasteiger partial charge >= 0.3 is 0 Å². The van der Waals surface area contributed by atoms with Crippen molar-refractivity contribution in [3.8, 4) is 0 Å². The van der Waals surface area contributed by atoms with Crippen LogP contribution in [0.2, 0.25) is 0 Å². The van der Waals surface area contributed by atoms with Crippen LogP contribution >= 0.6 is 11.9 Å². The minimum atomic E-state index is 0.681. The van der Waals surface area contributed by atoms with Crippen LogP contribution in [0.25, 0.3) is 0 Å². The van der Waals surface area contributed by atoms with E-state index >= 15 is 0 Å². The molecule has 1 heterocycles. The van der Waals surface area contributed by atoms with Gasteiger partial charge in [-0.15, -0.1) is 0 Å². The van der Waals surface area contributed by atoms with Crippen LogP contribution in [0.5, 0.6) is 0 Å². The summed E-state index contributed by atoms with van der Waals surface area (Å²) >= 11 is 1.34. The summed E-state index contributed by atoms with van der Waals surface area (Å²) in [6.07, 6.45) is 0. The Hall–Kier alpha value is -0.290. The molecule has 0 unspecified atom stereocenters. The van der Waals surface area contributed by atoms with Gasteiger partial charge in [0.1, 0.15) is 5.88 Å². The number of nitrogens with two attached hydrogens (primary N) is 1. The highest BCUT2D eigenvalue weighted by atomic mass is 32.2. The molecule has 1 aliphatic rings. The van der Waals surface area contributed by atoms with Crippen molar-refractivity contribution < 1.29 is 0 Å². The fourth-order valence-electron chi connectivity index (χ4n) is 0.184. The van der Waals surface area contributed by atoms with Crippen LogP contribution in [0.3, 0.4) is 0 Å². The molecule has 1 aliphatic heterocycles. The molecule has 0 amide bonds. The lowest BCUT2D eigenvalue weighted by Gasteiger charge is -1.95. The third kappa shape index (κ3) is 0.605. The Morgan fingerprint density at radius 2 is 2.67 bits per heavy atom. The molecule has 0 saturated carbocycles. The first kappa shape index (κ1) is 3.89. The molecule has 0 fully saturated rings. The monoisotopic (exact) mass is 104 g/mol. The van der Waals surface area contributed by atoms with E-state index in [0.717, 1.165) is 0 Å². The van der Waals surface area contributed by atoms with Crippen LogP contribution in [-0.2, 0) is 0 Å². The van der Waals surface area contributed by atoms with Crippen LogP contribution in [0.1, 0.15) is 0 Å². The van der Waals surface area contributed by atoms with Gasteiger partial charge in [0.2, 0.25) is 0 Å². The summed E-state index contributed by atoms with van der Waals surface area (Å²) in [5, 5.41) is 4.72. The van der Waals surface area contributed by atoms with E-state index in [1.807, 2.05) is 0 Å². The van der Waals surface area contributed by atoms with E-state index in [2.05, 4.69) is 9.74 Å². The van der Waals surface area contributed by atoms with E-state index in [0.29, 0.717) is 5.88 Å². The lowest BCUT2D eigenvalue weighted by atomic mass is 11.4. The van der Waals surface area contributed by atoms with Gasteiger partial charge in [0.25, 0.3) is 0 Å². The number of hydrazine groups is 1. The maximum absolute atomic E-state index is 5.09. The summed E-state index contributed by atoms with van der Waals surface area (Å²) in [4.78, 5) is 0. The van der Waals surface area contributed by atoms with Crippen molar-refractivity contribution in [1.29, 1.82) is 0 Å². The number of hydrogen-bond donors (Lipinski definition) is 1. The second-order valence-electron chi connectivity index (χ2n) is 0.869. The molecule has 0 aromatic carbocycles. The SMILES string of the molecule is NN1CSN=N1. The van der Waals surface area contributed by atoms with Crippen LogP contribution < -0.4 is 5.84 Å². The van der Waals surface area contributed by atoms with Crippen molar-refractivity contribution in [3.05, 3.63) is 0 Å². The average Bonchev–Trinajstić information content (AvgIpc) is 1.86. The van der Waals surface area contributed by atoms with Gasteiger partial charge in [-0.2, -0.15) is 0 Å². The van der Waals surface area contributed by atoms with Crippen LogP contribution in [-0.4, -0.2) is 11.0 Å². The molecule has 0 atom stereocenters. The van der Waals surface area contributed by atoms with E-state index in [9.17, 15) is 0 Å². The summed E-state index contributed by atoms with van der Waals surface area (Å²) in [6, 6.07) is 0. The molecule has 0 radical (unpaired) electrons. The Bertz CT molecular complexity index is 69.9. The lowest BCUT2D eigenvalue weighted by Crippen LogP contribution is -2.20. The van der Waals surface area contributed by atoms with Crippen molar-refractivity contribution in [2.45, 2.75) is 0 Å². The van der Waals surface area contributed by atoms with Gasteiger partial charge in [0.15, 0.2) is 0 Å². The molecule has 1 rings (SSSR count). The molecule has 5 heteroatoms. The zero-order valence-electron chi connectivity index (χ0n) is 3.03. The number of rotatable bonds is 0. The number of nitrogens with zero attached hydrogens (tertiary/aromatic N) is 3. The van der Waals surface area contributed by atoms with Gasteiger partial charge < -0.3 is 0 Å². The fourth-order valence-corrected chi connectivity index (χ4v) is 0.551. The van der Waals surface area contributed by atoms with E-state index in [1.54, 1.807) is 0 Å². The first-order valence-corrected chi connectivity index (χ1v) is 2.39. The highest BCUT2D eigenvalue weighted by Crippen LogP contribution is 2.10. The fraction of sp³-hybridized carbons (Fsp3) is 1.00. The van der Waals surface area contributed by atoms with Crippen molar-refractivity contribution >= 4 is 11.9 Å². The molecule has 0 bridgehead atoms. The Kier molecular flexibility index (Phi) is 0.932. The Morgan fingerprint density at radius 1 is 1.83 bits per heavy atom. The van der Waals surface area contributed by atoms with E-state index in [4.69, 9.17) is 5.84 Å². The topological polar surface area (TPSA) is 54.0 Å². The molecule has 0 aromatic rings. The quantitative estimate of drug-likeness (QED) is 0.351. The van der Waals surface area contributed by atoms with Gasteiger partial charge in [-0.1, -0.05) is 4.52 Å². The van der Waals surface area contributed by atoms with Gasteiger partial charge in [0, 0.05) is 11.9 Å². The highest BCUT2D eigenvalue weighted by molar-refractivity contribution is 7.97. The third-order valence-electron chi connectivity index (χ3n) is 0.399. The minimum absolute atomic E-state index is 0.681. The third-order valence-corrected chi connectivity index (χ3v) is 0.968. The Balaban J connectivity index is 2.38. The maximum Gasteiger partial charge on any atom is 0.124 e. The average molecular weight is 104 g/mol. The second-order valence-corrected chi connectivity index (χ2v) is 1.55.